The molecule has 0 spiro atoms. The van der Waals surface area contributed by atoms with E-state index in [2.05, 4.69) is 57.7 Å². The van der Waals surface area contributed by atoms with Crippen LogP contribution in [0.15, 0.2) is 59.6 Å². The Labute approximate surface area is 246 Å². The van der Waals surface area contributed by atoms with E-state index in [1.807, 2.05) is 17.0 Å². The van der Waals surface area contributed by atoms with E-state index in [9.17, 15) is 18.0 Å². The van der Waals surface area contributed by atoms with Gasteiger partial charge in [0, 0.05) is 29.7 Å². The molecule has 3 aliphatic heterocycles. The van der Waals surface area contributed by atoms with Crippen LogP contribution in [-0.2, 0) is 25.8 Å². The fraction of sp³-hybridized carbons (Fsp3) is 0.500. The highest BCUT2D eigenvalue weighted by Gasteiger charge is 2.49. The van der Waals surface area contributed by atoms with Crippen molar-refractivity contribution in [2.75, 3.05) is 40.9 Å². The number of anilines is 2. The first-order valence-electron chi connectivity index (χ1n) is 14.1. The third-order valence-corrected chi connectivity index (χ3v) is 10.8. The minimum atomic E-state index is -3.17. The maximum Gasteiger partial charge on any atom is 0.408 e. The molecule has 3 fully saturated rings. The number of ether oxygens (including phenoxy) is 1. The number of alkyl carbamates (subject to hydrolysis) is 1. The van der Waals surface area contributed by atoms with E-state index in [1.165, 1.54) is 17.3 Å². The Balaban J connectivity index is 1.25. The quantitative estimate of drug-likeness (QED) is 0.525. The number of carbonyl (C=O) groups excluding carboxylic acids is 2. The van der Waals surface area contributed by atoms with Gasteiger partial charge in [-0.3, -0.25) is 4.79 Å². The number of piperidine rings is 1. The Hall–Kier alpha value is -3.05. The van der Waals surface area contributed by atoms with E-state index in [4.69, 9.17) is 4.74 Å². The van der Waals surface area contributed by atoms with Crippen LogP contribution in [0.1, 0.15) is 39.2 Å². The monoisotopic (exact) mass is 598 g/mol. The summed E-state index contributed by atoms with van der Waals surface area (Å²) in [6.07, 6.45) is 2.69. The molecule has 9 nitrogen and oxygen atoms in total. The van der Waals surface area contributed by atoms with Crippen molar-refractivity contribution in [3.8, 4) is 0 Å². The first-order chi connectivity index (χ1) is 19.5. The standard InChI is InChI=1S/C30H38N4O5S2/c1-30(2,3)39-29(36)31-18-27(35)32-28-34(25-19-41(37,38)20-26(25)40-28)24-11-9-23(10-12-24)33-15-13-22(14-16-33)17-21-7-5-4-6-8-21/h4-12,22,25-26H,13-20H2,1-3H3,(H,31,36)/t25-,26-/m0/s1. The molecule has 0 bridgehead atoms. The zero-order chi connectivity index (χ0) is 29.2. The lowest BCUT2D eigenvalue weighted by molar-refractivity contribution is -0.117. The zero-order valence-corrected chi connectivity index (χ0v) is 25.4. The Morgan fingerprint density at radius 3 is 2.32 bits per heavy atom. The Kier molecular flexibility index (Phi) is 8.65. The minimum Gasteiger partial charge on any atom is -0.444 e. The number of sulfone groups is 1. The predicted molar refractivity (Wildman–Crippen MR) is 165 cm³/mol. The molecule has 11 heteroatoms. The number of rotatable bonds is 6. The summed E-state index contributed by atoms with van der Waals surface area (Å²) in [6, 6.07) is 18.5. The van der Waals surface area contributed by atoms with E-state index in [0.29, 0.717) is 11.1 Å². The molecule has 1 N–H and O–H groups in total. The van der Waals surface area contributed by atoms with Crippen molar-refractivity contribution < 1.29 is 22.7 Å². The SMILES string of the molecule is CC(C)(C)OC(=O)NCC(=O)N=C1S[C@H]2CS(=O)(=O)C[C@@H]2N1c1ccc(N2CCC(Cc3ccccc3)CC2)cc1. The molecule has 5 rings (SSSR count). The molecule has 41 heavy (non-hydrogen) atoms. The maximum atomic E-state index is 12.7. The fourth-order valence-corrected chi connectivity index (χ4v) is 9.57. The van der Waals surface area contributed by atoms with Crippen LogP contribution in [0.5, 0.6) is 0 Å². The van der Waals surface area contributed by atoms with Crippen LogP contribution in [0.3, 0.4) is 0 Å². The number of carbonyl (C=O) groups is 2. The van der Waals surface area contributed by atoms with Crippen molar-refractivity contribution in [1.82, 2.24) is 5.32 Å². The molecular weight excluding hydrogens is 560 g/mol. The molecule has 3 heterocycles. The highest BCUT2D eigenvalue weighted by atomic mass is 32.2. The van der Waals surface area contributed by atoms with E-state index in [0.717, 1.165) is 43.7 Å². The molecule has 0 radical (unpaired) electrons. The zero-order valence-electron chi connectivity index (χ0n) is 23.8. The summed E-state index contributed by atoms with van der Waals surface area (Å²) in [5.41, 5.74) is 2.65. The molecule has 2 aromatic carbocycles. The number of benzene rings is 2. The minimum absolute atomic E-state index is 0.0186. The third kappa shape index (κ3) is 7.62. The summed E-state index contributed by atoms with van der Waals surface area (Å²) in [5.74, 6) is 0.223. The number of hydrogen-bond acceptors (Lipinski definition) is 7. The van der Waals surface area contributed by atoms with Crippen LogP contribution in [-0.4, -0.2) is 73.6 Å². The van der Waals surface area contributed by atoms with Crippen LogP contribution in [0.25, 0.3) is 0 Å². The first-order valence-corrected chi connectivity index (χ1v) is 16.8. The van der Waals surface area contributed by atoms with E-state index >= 15 is 0 Å². The molecule has 220 valence electrons. The van der Waals surface area contributed by atoms with Gasteiger partial charge in [0.15, 0.2) is 15.0 Å². The van der Waals surface area contributed by atoms with Crippen molar-refractivity contribution in [2.45, 2.75) is 56.9 Å². The van der Waals surface area contributed by atoms with Gasteiger partial charge in [-0.25, -0.2) is 13.2 Å². The van der Waals surface area contributed by atoms with Gasteiger partial charge in [-0.1, -0.05) is 42.1 Å². The normalized spacial score (nSPS) is 23.4. The number of thioether (sulfide) groups is 1. The van der Waals surface area contributed by atoms with Gasteiger partial charge in [-0.15, -0.1) is 0 Å². The second-order valence-electron chi connectivity index (χ2n) is 12.0. The molecule has 0 aromatic heterocycles. The second-order valence-corrected chi connectivity index (χ2v) is 15.3. The number of nitrogens with zero attached hydrogens (tertiary/aromatic N) is 3. The van der Waals surface area contributed by atoms with Gasteiger partial charge in [0.1, 0.15) is 12.1 Å². The van der Waals surface area contributed by atoms with Crippen molar-refractivity contribution >= 4 is 50.1 Å². The van der Waals surface area contributed by atoms with Crippen LogP contribution in [0.2, 0.25) is 0 Å². The molecular formula is C30H38N4O5S2. The number of aliphatic imine (C=N–C) groups is 1. The van der Waals surface area contributed by atoms with Crippen molar-refractivity contribution in [2.24, 2.45) is 10.9 Å². The Morgan fingerprint density at radius 2 is 1.66 bits per heavy atom. The number of amidine groups is 1. The summed E-state index contributed by atoms with van der Waals surface area (Å²) < 4.78 is 30.0. The number of hydrogen-bond donors (Lipinski definition) is 1. The Bertz CT molecular complexity index is 1380. The van der Waals surface area contributed by atoms with Gasteiger partial charge in [0.25, 0.3) is 5.91 Å². The van der Waals surface area contributed by atoms with Crippen molar-refractivity contribution in [1.29, 1.82) is 0 Å². The molecule has 3 saturated heterocycles. The third-order valence-electron chi connectivity index (χ3n) is 7.54. The summed E-state index contributed by atoms with van der Waals surface area (Å²) in [5, 5.41) is 2.70. The lowest BCUT2D eigenvalue weighted by Crippen LogP contribution is -2.39. The van der Waals surface area contributed by atoms with E-state index < -0.39 is 27.4 Å². The van der Waals surface area contributed by atoms with Crippen LogP contribution < -0.4 is 15.1 Å². The molecule has 2 atom stereocenters. The summed E-state index contributed by atoms with van der Waals surface area (Å²) in [7, 11) is -3.17. The largest absolute Gasteiger partial charge is 0.444 e. The van der Waals surface area contributed by atoms with Gasteiger partial charge in [-0.05, 0) is 75.8 Å². The van der Waals surface area contributed by atoms with Crippen LogP contribution >= 0.6 is 11.8 Å². The van der Waals surface area contributed by atoms with Gasteiger partial charge < -0.3 is 19.9 Å². The van der Waals surface area contributed by atoms with Gasteiger partial charge in [0.2, 0.25) is 0 Å². The first kappa shape index (κ1) is 29.4. The molecule has 2 aromatic rings. The average molecular weight is 599 g/mol. The second kappa shape index (κ2) is 12.1. The molecule has 2 amide bonds. The summed E-state index contributed by atoms with van der Waals surface area (Å²) >= 11 is 1.31. The molecule has 3 aliphatic rings. The van der Waals surface area contributed by atoms with E-state index in [1.54, 1.807) is 20.8 Å². The van der Waals surface area contributed by atoms with E-state index in [-0.39, 0.29) is 29.3 Å². The lowest BCUT2D eigenvalue weighted by Gasteiger charge is -2.34. The molecule has 0 saturated carbocycles. The fourth-order valence-electron chi connectivity index (χ4n) is 5.64. The summed E-state index contributed by atoms with van der Waals surface area (Å²) in [4.78, 5) is 33.2. The Morgan fingerprint density at radius 1 is 1.00 bits per heavy atom. The number of nitrogens with one attached hydrogen (secondary N) is 1. The number of fused-ring (bicyclic) bond motifs is 1. The summed E-state index contributed by atoms with van der Waals surface area (Å²) in [6.45, 7) is 6.91. The smallest absolute Gasteiger partial charge is 0.408 e. The predicted octanol–water partition coefficient (Wildman–Crippen LogP) is 4.27. The van der Waals surface area contributed by atoms with Crippen molar-refractivity contribution in [3.05, 3.63) is 60.2 Å². The van der Waals surface area contributed by atoms with Crippen LogP contribution in [0.4, 0.5) is 16.2 Å². The van der Waals surface area contributed by atoms with Crippen LogP contribution in [0, 0.1) is 5.92 Å². The van der Waals surface area contributed by atoms with Gasteiger partial charge >= 0.3 is 6.09 Å². The highest BCUT2D eigenvalue weighted by molar-refractivity contribution is 8.16. The number of amides is 2. The molecule has 0 aliphatic carbocycles. The lowest BCUT2D eigenvalue weighted by atomic mass is 9.90. The average Bonchev–Trinajstić information content (AvgIpc) is 3.38. The maximum absolute atomic E-state index is 12.7. The van der Waals surface area contributed by atoms with Gasteiger partial charge in [0.05, 0.1) is 17.5 Å². The highest BCUT2D eigenvalue weighted by Crippen LogP contribution is 2.41. The topological polar surface area (TPSA) is 108 Å². The van der Waals surface area contributed by atoms with Gasteiger partial charge in [-0.2, -0.15) is 4.99 Å². The van der Waals surface area contributed by atoms with Crippen molar-refractivity contribution in [3.63, 3.8) is 0 Å². The molecule has 0 unspecified atom stereocenters.